The maximum Gasteiger partial charge on any atom is 0.234 e. The first kappa shape index (κ1) is 20.9. The average Bonchev–Trinajstić information content (AvgIpc) is 3.16. The lowest BCUT2D eigenvalue weighted by molar-refractivity contribution is -0.113. The molecule has 1 heterocycles. The summed E-state index contributed by atoms with van der Waals surface area (Å²) < 4.78 is 11.3. The molecule has 152 valence electrons. The van der Waals surface area contributed by atoms with Gasteiger partial charge in [0.1, 0.15) is 11.5 Å². The monoisotopic (exact) mass is 430 g/mol. The fourth-order valence-corrected chi connectivity index (χ4v) is 4.18. The molecule has 0 bridgehead atoms. The van der Waals surface area contributed by atoms with Crippen molar-refractivity contribution in [3.63, 3.8) is 0 Å². The van der Waals surface area contributed by atoms with Gasteiger partial charge in [-0.05, 0) is 37.6 Å². The quantitative estimate of drug-likeness (QED) is 0.503. The number of rotatable bonds is 8. The van der Waals surface area contributed by atoms with Gasteiger partial charge in [-0.15, -0.1) is 10.2 Å². The highest BCUT2D eigenvalue weighted by atomic mass is 32.2. The lowest BCUT2D eigenvalue weighted by Crippen LogP contribution is -2.14. The second kappa shape index (κ2) is 9.62. The van der Waals surface area contributed by atoms with Crippen LogP contribution in [0.3, 0.4) is 0 Å². The number of hydrogen-bond donors (Lipinski definition) is 2. The molecule has 0 aliphatic rings. The van der Waals surface area contributed by atoms with Crippen LogP contribution in [0.5, 0.6) is 11.5 Å². The van der Waals surface area contributed by atoms with Crippen molar-refractivity contribution in [2.45, 2.75) is 18.2 Å². The lowest BCUT2D eigenvalue weighted by Gasteiger charge is -2.10. The smallest absolute Gasteiger partial charge is 0.234 e. The standard InChI is InChI=1S/C20H22N4O3S2/c1-12-5-7-15(13(2)9-12)21-18(25)11-28-20-24-23-19(29-20)22-16-10-14(26-3)6-8-17(16)27-4/h5-10H,11H2,1-4H3,(H,21,25)(H,22,23). The Morgan fingerprint density at radius 2 is 1.90 bits per heavy atom. The Bertz CT molecular complexity index is 1010. The molecule has 0 fully saturated rings. The number of hydrogen-bond acceptors (Lipinski definition) is 8. The van der Waals surface area contributed by atoms with E-state index in [1.54, 1.807) is 14.2 Å². The van der Waals surface area contributed by atoms with Crippen LogP contribution in [0.4, 0.5) is 16.5 Å². The SMILES string of the molecule is COc1ccc(OC)c(Nc2nnc(SCC(=O)Nc3ccc(C)cc3C)s2)c1. The number of nitrogens with zero attached hydrogens (tertiary/aromatic N) is 2. The van der Waals surface area contributed by atoms with Gasteiger partial charge in [0.15, 0.2) is 4.34 Å². The first-order valence-electron chi connectivity index (χ1n) is 8.81. The minimum atomic E-state index is -0.0823. The van der Waals surface area contributed by atoms with Crippen molar-refractivity contribution < 1.29 is 14.3 Å². The molecule has 3 aromatic rings. The second-order valence-corrected chi connectivity index (χ2v) is 8.42. The molecule has 1 aromatic heterocycles. The van der Waals surface area contributed by atoms with E-state index in [9.17, 15) is 4.79 Å². The molecule has 3 rings (SSSR count). The molecule has 0 atom stereocenters. The fourth-order valence-electron chi connectivity index (χ4n) is 2.61. The van der Waals surface area contributed by atoms with E-state index in [4.69, 9.17) is 9.47 Å². The van der Waals surface area contributed by atoms with Crippen LogP contribution in [0, 0.1) is 13.8 Å². The van der Waals surface area contributed by atoms with Crippen molar-refractivity contribution in [2.24, 2.45) is 0 Å². The number of ether oxygens (including phenoxy) is 2. The number of methoxy groups -OCH3 is 2. The van der Waals surface area contributed by atoms with E-state index in [1.807, 2.05) is 50.2 Å². The number of carbonyl (C=O) groups excluding carboxylic acids is 1. The molecule has 0 saturated carbocycles. The van der Waals surface area contributed by atoms with Gasteiger partial charge >= 0.3 is 0 Å². The summed E-state index contributed by atoms with van der Waals surface area (Å²) in [5.74, 6) is 1.55. The highest BCUT2D eigenvalue weighted by Crippen LogP contribution is 2.34. The van der Waals surface area contributed by atoms with Crippen molar-refractivity contribution >= 4 is 45.5 Å². The predicted molar refractivity (Wildman–Crippen MR) is 118 cm³/mol. The summed E-state index contributed by atoms with van der Waals surface area (Å²) in [5, 5.41) is 15.0. The zero-order chi connectivity index (χ0) is 20.8. The van der Waals surface area contributed by atoms with Gasteiger partial charge in [-0.25, -0.2) is 0 Å². The molecule has 0 unspecified atom stereocenters. The van der Waals surface area contributed by atoms with Crippen LogP contribution in [0.25, 0.3) is 0 Å². The summed E-state index contributed by atoms with van der Waals surface area (Å²) in [5.41, 5.74) is 3.76. The Hall–Kier alpha value is -2.78. The van der Waals surface area contributed by atoms with Crippen LogP contribution >= 0.6 is 23.1 Å². The van der Waals surface area contributed by atoms with Crippen LogP contribution in [0.2, 0.25) is 0 Å². The molecule has 0 saturated heterocycles. The molecule has 1 amide bonds. The van der Waals surface area contributed by atoms with Gasteiger partial charge in [-0.1, -0.05) is 40.8 Å². The van der Waals surface area contributed by atoms with Gasteiger partial charge < -0.3 is 20.1 Å². The summed E-state index contributed by atoms with van der Waals surface area (Å²) in [4.78, 5) is 12.3. The first-order valence-corrected chi connectivity index (χ1v) is 10.6. The summed E-state index contributed by atoms with van der Waals surface area (Å²) in [7, 11) is 3.21. The van der Waals surface area contributed by atoms with Gasteiger partial charge in [0, 0.05) is 11.8 Å². The predicted octanol–water partition coefficient (Wildman–Crippen LogP) is 4.65. The van der Waals surface area contributed by atoms with Crippen LogP contribution in [0.1, 0.15) is 11.1 Å². The molecule has 2 aromatic carbocycles. The Morgan fingerprint density at radius 3 is 2.62 bits per heavy atom. The van der Waals surface area contributed by atoms with E-state index < -0.39 is 0 Å². The van der Waals surface area contributed by atoms with E-state index in [0.717, 1.165) is 22.5 Å². The van der Waals surface area contributed by atoms with Crippen molar-refractivity contribution in [1.82, 2.24) is 10.2 Å². The highest BCUT2D eigenvalue weighted by Gasteiger charge is 2.12. The number of carbonyl (C=O) groups is 1. The molecule has 0 aliphatic heterocycles. The van der Waals surface area contributed by atoms with Crippen molar-refractivity contribution in [1.29, 1.82) is 0 Å². The molecule has 0 radical (unpaired) electrons. The van der Waals surface area contributed by atoms with Crippen molar-refractivity contribution in [3.05, 3.63) is 47.5 Å². The van der Waals surface area contributed by atoms with E-state index in [-0.39, 0.29) is 11.7 Å². The number of nitrogens with one attached hydrogen (secondary N) is 2. The second-order valence-electron chi connectivity index (χ2n) is 6.22. The molecule has 0 aliphatic carbocycles. The maximum atomic E-state index is 12.3. The van der Waals surface area contributed by atoms with Crippen LogP contribution in [0.15, 0.2) is 40.7 Å². The van der Waals surface area contributed by atoms with E-state index >= 15 is 0 Å². The van der Waals surface area contributed by atoms with Crippen molar-refractivity contribution in [2.75, 3.05) is 30.6 Å². The zero-order valence-corrected chi connectivity index (χ0v) is 18.2. The lowest BCUT2D eigenvalue weighted by atomic mass is 10.1. The number of aromatic nitrogens is 2. The molecular weight excluding hydrogens is 408 g/mol. The Morgan fingerprint density at radius 1 is 1.07 bits per heavy atom. The molecule has 2 N–H and O–H groups in total. The number of amides is 1. The molecule has 29 heavy (non-hydrogen) atoms. The summed E-state index contributed by atoms with van der Waals surface area (Å²) in [6, 6.07) is 11.4. The molecular formula is C20H22N4O3S2. The number of benzene rings is 2. The van der Waals surface area contributed by atoms with Gasteiger partial charge in [0.2, 0.25) is 11.0 Å². The van der Waals surface area contributed by atoms with Gasteiger partial charge in [0.25, 0.3) is 0 Å². The van der Waals surface area contributed by atoms with Gasteiger partial charge in [-0.2, -0.15) is 0 Å². The van der Waals surface area contributed by atoms with Crippen LogP contribution in [-0.4, -0.2) is 36.1 Å². The maximum absolute atomic E-state index is 12.3. The average molecular weight is 431 g/mol. The number of aryl methyl sites for hydroxylation is 2. The largest absolute Gasteiger partial charge is 0.497 e. The number of thioether (sulfide) groups is 1. The summed E-state index contributed by atoms with van der Waals surface area (Å²) >= 11 is 2.71. The van der Waals surface area contributed by atoms with Crippen LogP contribution < -0.4 is 20.1 Å². The van der Waals surface area contributed by atoms with Gasteiger partial charge in [0.05, 0.1) is 25.7 Å². The first-order chi connectivity index (χ1) is 14.0. The van der Waals surface area contributed by atoms with Gasteiger partial charge in [-0.3, -0.25) is 4.79 Å². The van der Waals surface area contributed by atoms with E-state index in [1.165, 1.54) is 23.1 Å². The Balaban J connectivity index is 1.58. The Labute approximate surface area is 177 Å². The highest BCUT2D eigenvalue weighted by molar-refractivity contribution is 8.01. The third-order valence-electron chi connectivity index (χ3n) is 4.04. The Kier molecular flexibility index (Phi) is 6.95. The topological polar surface area (TPSA) is 85.4 Å². The minimum Gasteiger partial charge on any atom is -0.497 e. The fraction of sp³-hybridized carbons (Fsp3) is 0.250. The van der Waals surface area contributed by atoms with Crippen molar-refractivity contribution in [3.8, 4) is 11.5 Å². The summed E-state index contributed by atoms with van der Waals surface area (Å²) in [6.07, 6.45) is 0. The third kappa shape index (κ3) is 5.61. The third-order valence-corrected chi connectivity index (χ3v) is 6.01. The zero-order valence-electron chi connectivity index (χ0n) is 16.6. The van der Waals surface area contributed by atoms with E-state index in [0.29, 0.717) is 21.0 Å². The molecule has 9 heteroatoms. The van der Waals surface area contributed by atoms with E-state index in [2.05, 4.69) is 20.8 Å². The molecule has 7 nitrogen and oxygen atoms in total. The molecule has 0 spiro atoms. The van der Waals surface area contributed by atoms with Crippen LogP contribution in [-0.2, 0) is 4.79 Å². The normalized spacial score (nSPS) is 10.5. The summed E-state index contributed by atoms with van der Waals surface area (Å²) in [6.45, 7) is 4.00. The minimum absolute atomic E-state index is 0.0823. The number of anilines is 3.